The summed E-state index contributed by atoms with van der Waals surface area (Å²) in [7, 11) is -3.38. The predicted octanol–water partition coefficient (Wildman–Crippen LogP) is 2.47. The second-order valence-corrected chi connectivity index (χ2v) is 6.23. The highest BCUT2D eigenvalue weighted by atomic mass is 35.5. The molecule has 0 saturated heterocycles. The SMILES string of the molecule is NCCCCS(=O)(=O)Nc1ccc(Cl)cc1Cl. The summed E-state index contributed by atoms with van der Waals surface area (Å²) >= 11 is 11.6. The minimum atomic E-state index is -3.38. The molecule has 7 heteroatoms. The topological polar surface area (TPSA) is 72.2 Å². The van der Waals surface area contributed by atoms with Crippen molar-refractivity contribution in [1.29, 1.82) is 0 Å². The van der Waals surface area contributed by atoms with E-state index in [-0.39, 0.29) is 10.8 Å². The van der Waals surface area contributed by atoms with Crippen molar-refractivity contribution in [2.75, 3.05) is 17.0 Å². The average Bonchev–Trinajstić information content (AvgIpc) is 2.22. The number of hydrogen-bond donors (Lipinski definition) is 2. The Morgan fingerprint density at radius 3 is 2.53 bits per heavy atom. The molecule has 17 heavy (non-hydrogen) atoms. The fraction of sp³-hybridized carbons (Fsp3) is 0.400. The molecule has 1 rings (SSSR count). The van der Waals surface area contributed by atoms with Gasteiger partial charge in [-0.1, -0.05) is 23.2 Å². The van der Waals surface area contributed by atoms with E-state index < -0.39 is 10.0 Å². The molecule has 0 bridgehead atoms. The molecule has 4 nitrogen and oxygen atoms in total. The molecular weight excluding hydrogens is 283 g/mol. The molecule has 0 heterocycles. The molecule has 0 radical (unpaired) electrons. The van der Waals surface area contributed by atoms with Crippen LogP contribution < -0.4 is 10.5 Å². The number of nitrogens with two attached hydrogens (primary N) is 1. The van der Waals surface area contributed by atoms with Gasteiger partial charge in [0.15, 0.2) is 0 Å². The maximum absolute atomic E-state index is 11.7. The molecule has 0 amide bonds. The van der Waals surface area contributed by atoms with E-state index >= 15 is 0 Å². The summed E-state index contributed by atoms with van der Waals surface area (Å²) in [6.07, 6.45) is 1.20. The number of sulfonamides is 1. The van der Waals surface area contributed by atoms with E-state index in [4.69, 9.17) is 28.9 Å². The quantitative estimate of drug-likeness (QED) is 0.792. The lowest BCUT2D eigenvalue weighted by Gasteiger charge is -2.09. The van der Waals surface area contributed by atoms with E-state index in [0.29, 0.717) is 30.1 Å². The summed E-state index contributed by atoms with van der Waals surface area (Å²) < 4.78 is 25.8. The van der Waals surface area contributed by atoms with Crippen molar-refractivity contribution in [1.82, 2.24) is 0 Å². The molecule has 0 atom stereocenters. The highest BCUT2D eigenvalue weighted by Crippen LogP contribution is 2.26. The van der Waals surface area contributed by atoms with Gasteiger partial charge in [0.2, 0.25) is 10.0 Å². The lowest BCUT2D eigenvalue weighted by Crippen LogP contribution is -2.17. The molecule has 3 N–H and O–H groups in total. The molecule has 96 valence electrons. The standard InChI is InChI=1S/C10H14Cl2N2O2S/c11-8-3-4-10(9(12)7-8)14-17(15,16)6-2-1-5-13/h3-4,7,14H,1-2,5-6,13H2. The largest absolute Gasteiger partial charge is 0.330 e. The monoisotopic (exact) mass is 296 g/mol. The van der Waals surface area contributed by atoms with Gasteiger partial charge in [-0.2, -0.15) is 0 Å². The van der Waals surface area contributed by atoms with E-state index in [1.165, 1.54) is 12.1 Å². The minimum Gasteiger partial charge on any atom is -0.330 e. The first-order chi connectivity index (χ1) is 7.94. The number of halogens is 2. The van der Waals surface area contributed by atoms with Crippen molar-refractivity contribution in [3.63, 3.8) is 0 Å². The molecule has 0 spiro atoms. The number of unbranched alkanes of at least 4 members (excludes halogenated alkanes) is 1. The average molecular weight is 297 g/mol. The van der Waals surface area contributed by atoms with Crippen LogP contribution in [0.4, 0.5) is 5.69 Å². The van der Waals surface area contributed by atoms with Crippen LogP contribution in [0.1, 0.15) is 12.8 Å². The first-order valence-corrected chi connectivity index (χ1v) is 7.51. The van der Waals surface area contributed by atoms with Gasteiger partial charge in [0.1, 0.15) is 0 Å². The number of rotatable bonds is 6. The summed E-state index contributed by atoms with van der Waals surface area (Å²) in [5.74, 6) is 0.0309. The van der Waals surface area contributed by atoms with E-state index in [1.54, 1.807) is 6.07 Å². The lowest BCUT2D eigenvalue weighted by atomic mass is 10.3. The van der Waals surface area contributed by atoms with Gasteiger partial charge in [0.25, 0.3) is 0 Å². The number of hydrogen-bond acceptors (Lipinski definition) is 3. The Kier molecular flexibility index (Phi) is 5.52. The molecule has 0 aromatic heterocycles. The predicted molar refractivity (Wildman–Crippen MR) is 72.2 cm³/mol. The van der Waals surface area contributed by atoms with Crippen molar-refractivity contribution in [2.24, 2.45) is 5.73 Å². The van der Waals surface area contributed by atoms with Gasteiger partial charge in [-0.25, -0.2) is 8.42 Å². The second kappa shape index (κ2) is 6.44. The van der Waals surface area contributed by atoms with Gasteiger partial charge in [0, 0.05) is 5.02 Å². The van der Waals surface area contributed by atoms with Gasteiger partial charge < -0.3 is 5.73 Å². The summed E-state index contributed by atoms with van der Waals surface area (Å²) in [5, 5.41) is 0.737. The van der Waals surface area contributed by atoms with E-state index in [1.807, 2.05) is 0 Å². The van der Waals surface area contributed by atoms with Gasteiger partial charge >= 0.3 is 0 Å². The van der Waals surface area contributed by atoms with E-state index in [2.05, 4.69) is 4.72 Å². The van der Waals surface area contributed by atoms with Crippen LogP contribution in [0, 0.1) is 0 Å². The zero-order valence-electron chi connectivity index (χ0n) is 9.12. The Morgan fingerprint density at radius 1 is 1.24 bits per heavy atom. The maximum atomic E-state index is 11.7. The normalized spacial score (nSPS) is 11.5. The molecule has 0 fully saturated rings. The molecule has 0 aliphatic rings. The highest BCUT2D eigenvalue weighted by molar-refractivity contribution is 7.92. The van der Waals surface area contributed by atoms with Crippen LogP contribution in [0.2, 0.25) is 10.0 Å². The van der Waals surface area contributed by atoms with Gasteiger partial charge in [-0.05, 0) is 37.6 Å². The highest BCUT2D eigenvalue weighted by Gasteiger charge is 2.12. The third-order valence-electron chi connectivity index (χ3n) is 2.06. The van der Waals surface area contributed by atoms with Gasteiger partial charge in [0.05, 0.1) is 16.5 Å². The van der Waals surface area contributed by atoms with E-state index in [0.717, 1.165) is 0 Å². The molecular formula is C10H14Cl2N2O2S. The number of anilines is 1. The lowest BCUT2D eigenvalue weighted by molar-refractivity contribution is 0.597. The number of nitrogens with one attached hydrogen (secondary N) is 1. The van der Waals surface area contributed by atoms with Crippen molar-refractivity contribution >= 4 is 38.9 Å². The van der Waals surface area contributed by atoms with Crippen LogP contribution in [-0.2, 0) is 10.0 Å². The molecule has 1 aromatic rings. The molecule has 0 saturated carbocycles. The van der Waals surface area contributed by atoms with Crippen LogP contribution in [-0.4, -0.2) is 20.7 Å². The van der Waals surface area contributed by atoms with Crippen LogP contribution in [0.25, 0.3) is 0 Å². The smallest absolute Gasteiger partial charge is 0.232 e. The summed E-state index contributed by atoms with van der Waals surface area (Å²) in [6, 6.07) is 4.59. The summed E-state index contributed by atoms with van der Waals surface area (Å²) in [4.78, 5) is 0. The Morgan fingerprint density at radius 2 is 1.94 bits per heavy atom. The minimum absolute atomic E-state index is 0.0309. The zero-order valence-corrected chi connectivity index (χ0v) is 11.4. The molecule has 0 unspecified atom stereocenters. The van der Waals surface area contributed by atoms with Crippen molar-refractivity contribution in [3.8, 4) is 0 Å². The van der Waals surface area contributed by atoms with Gasteiger partial charge in [-0.3, -0.25) is 4.72 Å². The molecule has 0 aliphatic carbocycles. The van der Waals surface area contributed by atoms with Crippen molar-refractivity contribution in [3.05, 3.63) is 28.2 Å². The molecule has 1 aromatic carbocycles. The van der Waals surface area contributed by atoms with Crippen LogP contribution in [0.5, 0.6) is 0 Å². The Hall–Kier alpha value is -0.490. The van der Waals surface area contributed by atoms with E-state index in [9.17, 15) is 8.42 Å². The maximum Gasteiger partial charge on any atom is 0.232 e. The van der Waals surface area contributed by atoms with Crippen LogP contribution >= 0.6 is 23.2 Å². The van der Waals surface area contributed by atoms with Crippen molar-refractivity contribution < 1.29 is 8.42 Å². The summed E-state index contributed by atoms with van der Waals surface area (Å²) in [6.45, 7) is 0.483. The fourth-order valence-electron chi connectivity index (χ4n) is 1.23. The van der Waals surface area contributed by atoms with Gasteiger partial charge in [-0.15, -0.1) is 0 Å². The first kappa shape index (κ1) is 14.6. The Balaban J connectivity index is 2.69. The first-order valence-electron chi connectivity index (χ1n) is 5.10. The Labute approximate surface area is 111 Å². The number of benzene rings is 1. The third-order valence-corrected chi connectivity index (χ3v) is 3.97. The second-order valence-electron chi connectivity index (χ2n) is 3.54. The van der Waals surface area contributed by atoms with Crippen LogP contribution in [0.3, 0.4) is 0 Å². The van der Waals surface area contributed by atoms with Crippen molar-refractivity contribution in [2.45, 2.75) is 12.8 Å². The zero-order chi connectivity index (χ0) is 12.9. The molecule has 0 aliphatic heterocycles. The fourth-order valence-corrected chi connectivity index (χ4v) is 2.94. The summed E-state index contributed by atoms with van der Waals surface area (Å²) in [5.41, 5.74) is 5.64. The Bertz CT molecular complexity index is 477. The third kappa shape index (κ3) is 5.12. The van der Waals surface area contributed by atoms with Crippen LogP contribution in [0.15, 0.2) is 18.2 Å².